The summed E-state index contributed by atoms with van der Waals surface area (Å²) in [5, 5.41) is 0.278. The minimum absolute atomic E-state index is 0.216. The normalized spacial score (nSPS) is 10.6. The Kier molecular flexibility index (Phi) is 3.31. The van der Waals surface area contributed by atoms with E-state index in [2.05, 4.69) is 0 Å². The van der Waals surface area contributed by atoms with E-state index in [-0.39, 0.29) is 16.4 Å². The summed E-state index contributed by atoms with van der Waals surface area (Å²) in [5.41, 5.74) is 1.28. The topological polar surface area (TPSA) is 17.1 Å². The maximum Gasteiger partial charge on any atom is 0.204 e. The van der Waals surface area contributed by atoms with Gasteiger partial charge in [0.25, 0.3) is 0 Å². The van der Waals surface area contributed by atoms with Crippen molar-refractivity contribution in [2.45, 2.75) is 13.8 Å². The van der Waals surface area contributed by atoms with Gasteiger partial charge in [-0.05, 0) is 43.7 Å². The maximum atomic E-state index is 13.1. The van der Waals surface area contributed by atoms with Gasteiger partial charge in [-0.2, -0.15) is 0 Å². The average Bonchev–Trinajstić information content (AvgIpc) is 2.62. The minimum Gasteiger partial charge on any atom is -0.288 e. The van der Waals surface area contributed by atoms with Crippen LogP contribution in [0.5, 0.6) is 0 Å². The van der Waals surface area contributed by atoms with Crippen molar-refractivity contribution in [2.75, 3.05) is 0 Å². The molecule has 0 fully saturated rings. The first-order valence-electron chi connectivity index (χ1n) is 5.06. The number of carbonyl (C=O) groups is 1. The van der Waals surface area contributed by atoms with Crippen LogP contribution in [-0.2, 0) is 0 Å². The number of thiophene rings is 1. The van der Waals surface area contributed by atoms with Crippen molar-refractivity contribution in [1.82, 2.24) is 0 Å². The van der Waals surface area contributed by atoms with Crippen LogP contribution in [0.15, 0.2) is 24.3 Å². The Morgan fingerprint density at radius 2 is 2.00 bits per heavy atom. The SMILES string of the molecule is Cc1cc(C(=O)c2cc(F)ccc2Cl)sc1C. The van der Waals surface area contributed by atoms with Gasteiger partial charge in [0.15, 0.2) is 0 Å². The highest BCUT2D eigenvalue weighted by Crippen LogP contribution is 2.26. The molecule has 0 saturated carbocycles. The molecule has 0 amide bonds. The van der Waals surface area contributed by atoms with E-state index in [1.165, 1.54) is 29.5 Å². The van der Waals surface area contributed by atoms with Crippen LogP contribution in [0.4, 0.5) is 4.39 Å². The Balaban J connectivity index is 2.47. The van der Waals surface area contributed by atoms with E-state index in [1.807, 2.05) is 19.9 Å². The molecule has 1 aromatic carbocycles. The van der Waals surface area contributed by atoms with E-state index >= 15 is 0 Å². The Morgan fingerprint density at radius 1 is 1.29 bits per heavy atom. The van der Waals surface area contributed by atoms with Gasteiger partial charge in [-0.15, -0.1) is 11.3 Å². The summed E-state index contributed by atoms with van der Waals surface area (Å²) in [6.45, 7) is 3.89. The molecule has 0 spiro atoms. The van der Waals surface area contributed by atoms with Crippen LogP contribution in [-0.4, -0.2) is 5.78 Å². The van der Waals surface area contributed by atoms with Crippen LogP contribution in [0.2, 0.25) is 5.02 Å². The third-order valence-corrected chi connectivity index (χ3v) is 4.04. The molecule has 1 heterocycles. The molecular formula is C13H10ClFOS. The van der Waals surface area contributed by atoms with Crippen molar-refractivity contribution >= 4 is 28.7 Å². The number of halogens is 2. The monoisotopic (exact) mass is 268 g/mol. The fourth-order valence-electron chi connectivity index (χ4n) is 1.49. The van der Waals surface area contributed by atoms with Gasteiger partial charge in [0.2, 0.25) is 5.78 Å². The molecule has 0 aliphatic heterocycles. The fraction of sp³-hybridized carbons (Fsp3) is 0.154. The summed E-state index contributed by atoms with van der Waals surface area (Å²) >= 11 is 7.31. The molecular weight excluding hydrogens is 259 g/mol. The summed E-state index contributed by atoms with van der Waals surface area (Å²) in [7, 11) is 0. The lowest BCUT2D eigenvalue weighted by Gasteiger charge is -2.01. The quantitative estimate of drug-likeness (QED) is 0.739. The molecule has 0 N–H and O–H groups in total. The number of hydrogen-bond acceptors (Lipinski definition) is 2. The highest BCUT2D eigenvalue weighted by molar-refractivity contribution is 7.14. The predicted octanol–water partition coefficient (Wildman–Crippen LogP) is 4.39. The molecule has 0 aliphatic carbocycles. The summed E-state index contributed by atoms with van der Waals surface area (Å²) in [5.74, 6) is -0.682. The number of ketones is 1. The van der Waals surface area contributed by atoms with Crippen LogP contribution >= 0.6 is 22.9 Å². The second kappa shape index (κ2) is 4.59. The zero-order valence-corrected chi connectivity index (χ0v) is 11.0. The van der Waals surface area contributed by atoms with Crippen LogP contribution in [0.3, 0.4) is 0 Å². The van der Waals surface area contributed by atoms with Crippen molar-refractivity contribution in [2.24, 2.45) is 0 Å². The van der Waals surface area contributed by atoms with Gasteiger partial charge < -0.3 is 0 Å². The Labute approximate surface area is 108 Å². The lowest BCUT2D eigenvalue weighted by atomic mass is 10.1. The van der Waals surface area contributed by atoms with Crippen molar-refractivity contribution in [3.8, 4) is 0 Å². The van der Waals surface area contributed by atoms with Crippen LogP contribution in [0.1, 0.15) is 25.7 Å². The third kappa shape index (κ3) is 2.40. The molecule has 0 aliphatic rings. The van der Waals surface area contributed by atoms with Gasteiger partial charge in [-0.25, -0.2) is 4.39 Å². The molecule has 4 heteroatoms. The largest absolute Gasteiger partial charge is 0.288 e. The van der Waals surface area contributed by atoms with Crippen LogP contribution in [0.25, 0.3) is 0 Å². The number of hydrogen-bond donors (Lipinski definition) is 0. The first-order valence-corrected chi connectivity index (χ1v) is 6.25. The molecule has 0 atom stereocenters. The summed E-state index contributed by atoms with van der Waals surface area (Å²) < 4.78 is 13.1. The molecule has 2 aromatic rings. The van der Waals surface area contributed by atoms with Gasteiger partial charge in [0, 0.05) is 10.4 Å². The van der Waals surface area contributed by atoms with E-state index < -0.39 is 5.82 Å². The highest BCUT2D eigenvalue weighted by Gasteiger charge is 2.16. The molecule has 0 radical (unpaired) electrons. The van der Waals surface area contributed by atoms with E-state index in [4.69, 9.17) is 11.6 Å². The van der Waals surface area contributed by atoms with E-state index in [1.54, 1.807) is 0 Å². The van der Waals surface area contributed by atoms with E-state index in [0.29, 0.717) is 4.88 Å². The number of carbonyl (C=O) groups excluding carboxylic acids is 1. The third-order valence-electron chi connectivity index (χ3n) is 2.56. The maximum absolute atomic E-state index is 13.1. The molecule has 0 saturated heterocycles. The zero-order valence-electron chi connectivity index (χ0n) is 9.38. The molecule has 17 heavy (non-hydrogen) atoms. The first kappa shape index (κ1) is 12.3. The summed E-state index contributed by atoms with van der Waals surface area (Å²) in [6.07, 6.45) is 0. The van der Waals surface area contributed by atoms with Gasteiger partial charge in [-0.1, -0.05) is 11.6 Å². The summed E-state index contributed by atoms with van der Waals surface area (Å²) in [6, 6.07) is 5.63. The van der Waals surface area contributed by atoms with Crippen molar-refractivity contribution < 1.29 is 9.18 Å². The second-order valence-electron chi connectivity index (χ2n) is 3.80. The molecule has 1 nitrogen and oxygen atoms in total. The zero-order chi connectivity index (χ0) is 12.6. The van der Waals surface area contributed by atoms with Gasteiger partial charge in [0.05, 0.1) is 9.90 Å². The smallest absolute Gasteiger partial charge is 0.204 e. The van der Waals surface area contributed by atoms with Gasteiger partial charge in [0.1, 0.15) is 5.82 Å². The van der Waals surface area contributed by atoms with Crippen molar-refractivity contribution in [1.29, 1.82) is 0 Å². The summed E-state index contributed by atoms with van der Waals surface area (Å²) in [4.78, 5) is 13.8. The number of aryl methyl sites for hydroxylation is 2. The van der Waals surface area contributed by atoms with E-state index in [9.17, 15) is 9.18 Å². The van der Waals surface area contributed by atoms with Gasteiger partial charge in [-0.3, -0.25) is 4.79 Å². The molecule has 2 rings (SSSR count). The highest BCUT2D eigenvalue weighted by atomic mass is 35.5. The lowest BCUT2D eigenvalue weighted by Crippen LogP contribution is -2.00. The fourth-order valence-corrected chi connectivity index (χ4v) is 2.68. The van der Waals surface area contributed by atoms with Gasteiger partial charge >= 0.3 is 0 Å². The number of benzene rings is 1. The van der Waals surface area contributed by atoms with Crippen LogP contribution < -0.4 is 0 Å². The predicted molar refractivity (Wildman–Crippen MR) is 68.6 cm³/mol. The molecule has 88 valence electrons. The second-order valence-corrected chi connectivity index (χ2v) is 5.47. The van der Waals surface area contributed by atoms with Crippen LogP contribution in [0, 0.1) is 19.7 Å². The van der Waals surface area contributed by atoms with E-state index in [0.717, 1.165) is 10.4 Å². The molecule has 0 bridgehead atoms. The van der Waals surface area contributed by atoms with Crippen molar-refractivity contribution in [3.05, 3.63) is 56.0 Å². The molecule has 1 aromatic heterocycles. The minimum atomic E-state index is -0.456. The molecule has 0 unspecified atom stereocenters. The standard InChI is InChI=1S/C13H10ClFOS/c1-7-5-12(17-8(7)2)13(16)10-6-9(15)3-4-11(10)14/h3-6H,1-2H3. The number of rotatable bonds is 2. The first-order chi connectivity index (χ1) is 7.99. The Hall–Kier alpha value is -1.19. The average molecular weight is 269 g/mol. The Bertz CT molecular complexity index is 570. The lowest BCUT2D eigenvalue weighted by molar-refractivity contribution is 0.104. The Morgan fingerprint density at radius 3 is 2.59 bits per heavy atom. The van der Waals surface area contributed by atoms with Crippen molar-refractivity contribution in [3.63, 3.8) is 0 Å².